The highest BCUT2D eigenvalue weighted by molar-refractivity contribution is 5.83. The van der Waals surface area contributed by atoms with Crippen molar-refractivity contribution >= 4 is 22.9 Å². The van der Waals surface area contributed by atoms with Gasteiger partial charge in [0.15, 0.2) is 11.5 Å². The predicted molar refractivity (Wildman–Crippen MR) is 69.0 cm³/mol. The van der Waals surface area contributed by atoms with Crippen LogP contribution in [0.5, 0.6) is 0 Å². The zero-order chi connectivity index (χ0) is 12.1. The predicted octanol–water partition coefficient (Wildman–Crippen LogP) is 1.54. The van der Waals surface area contributed by atoms with Crippen molar-refractivity contribution in [2.24, 2.45) is 11.8 Å². The Kier molecular flexibility index (Phi) is 2.00. The number of hydrogen-bond acceptors (Lipinski definition) is 5. The maximum absolute atomic E-state index is 5.72. The van der Waals surface area contributed by atoms with Gasteiger partial charge in [-0.15, -0.1) is 0 Å². The minimum Gasteiger partial charge on any atom is -0.368 e. The summed E-state index contributed by atoms with van der Waals surface area (Å²) in [6, 6.07) is 0.532. The number of anilines is 2. The molecule has 2 fully saturated rings. The summed E-state index contributed by atoms with van der Waals surface area (Å²) in [7, 11) is 0. The lowest BCUT2D eigenvalue weighted by Gasteiger charge is -2.23. The maximum atomic E-state index is 5.72. The molecule has 2 heterocycles. The minimum atomic E-state index is 0.278. The maximum Gasteiger partial charge on any atom is 0.224 e. The Balaban J connectivity index is 1.68. The quantitative estimate of drug-likeness (QED) is 0.745. The van der Waals surface area contributed by atoms with E-state index >= 15 is 0 Å². The van der Waals surface area contributed by atoms with Gasteiger partial charge in [-0.3, -0.25) is 0 Å². The van der Waals surface area contributed by atoms with Crippen molar-refractivity contribution in [3.8, 4) is 0 Å². The van der Waals surface area contributed by atoms with Crippen molar-refractivity contribution in [1.82, 2.24) is 19.9 Å². The van der Waals surface area contributed by atoms with E-state index in [1.54, 1.807) is 6.33 Å². The second-order valence-corrected chi connectivity index (χ2v) is 5.46. The lowest BCUT2D eigenvalue weighted by Crippen LogP contribution is -2.26. The van der Waals surface area contributed by atoms with E-state index in [2.05, 4.69) is 25.3 Å². The first kappa shape index (κ1) is 10.1. The highest BCUT2D eigenvalue weighted by Crippen LogP contribution is 2.45. The van der Waals surface area contributed by atoms with Gasteiger partial charge in [-0.2, -0.15) is 9.97 Å². The fraction of sp³-hybridized carbons (Fsp3) is 0.583. The first-order valence-corrected chi connectivity index (χ1v) is 6.53. The lowest BCUT2D eigenvalue weighted by molar-refractivity contribution is 0.439. The van der Waals surface area contributed by atoms with E-state index in [0.717, 1.165) is 23.2 Å². The molecule has 0 aromatic carbocycles. The molecule has 0 unspecified atom stereocenters. The fourth-order valence-electron chi connectivity index (χ4n) is 3.55. The van der Waals surface area contributed by atoms with Gasteiger partial charge in [0.05, 0.1) is 6.33 Å². The van der Waals surface area contributed by atoms with E-state index in [-0.39, 0.29) is 5.95 Å². The third-order valence-corrected chi connectivity index (χ3v) is 4.36. The number of nitrogen functional groups attached to an aromatic ring is 1. The Labute approximate surface area is 104 Å². The standard InChI is InChI=1S/C12H16N6/c13-12-17-10-9(14-5-15-10)11(18-12)16-8-4-6-1-2-7(8)3-6/h5-8H,1-4H2,(H4,13,14,15,16,17,18)/t6-,7-,8-/m1/s1. The van der Waals surface area contributed by atoms with Crippen molar-refractivity contribution in [3.05, 3.63) is 6.33 Å². The van der Waals surface area contributed by atoms with Crippen LogP contribution in [0.15, 0.2) is 6.33 Å². The van der Waals surface area contributed by atoms with Crippen LogP contribution in [0, 0.1) is 11.8 Å². The molecule has 18 heavy (non-hydrogen) atoms. The highest BCUT2D eigenvalue weighted by Gasteiger charge is 2.39. The summed E-state index contributed by atoms with van der Waals surface area (Å²) in [5.74, 6) is 2.78. The highest BCUT2D eigenvalue weighted by atomic mass is 15.1. The van der Waals surface area contributed by atoms with Crippen LogP contribution in [-0.2, 0) is 0 Å². The van der Waals surface area contributed by atoms with Crippen LogP contribution in [0.2, 0.25) is 0 Å². The molecule has 6 nitrogen and oxygen atoms in total. The molecule has 2 aliphatic rings. The van der Waals surface area contributed by atoms with Crippen LogP contribution >= 0.6 is 0 Å². The number of nitrogens with two attached hydrogens (primary N) is 1. The molecular formula is C12H16N6. The molecule has 2 aromatic rings. The lowest BCUT2D eigenvalue weighted by atomic mass is 9.95. The summed E-state index contributed by atoms with van der Waals surface area (Å²) in [5, 5.41) is 3.54. The van der Waals surface area contributed by atoms with Crippen LogP contribution in [0.4, 0.5) is 11.8 Å². The SMILES string of the molecule is Nc1nc(N[C@@H]2C[C@@H]3CC[C@@H]2C3)c2[nH]cnc2n1. The molecule has 4 rings (SSSR count). The molecule has 2 saturated carbocycles. The van der Waals surface area contributed by atoms with Gasteiger partial charge < -0.3 is 16.0 Å². The third-order valence-electron chi connectivity index (χ3n) is 4.36. The molecule has 0 radical (unpaired) electrons. The zero-order valence-corrected chi connectivity index (χ0v) is 10.1. The number of aromatic amines is 1. The van der Waals surface area contributed by atoms with Crippen molar-refractivity contribution in [2.45, 2.75) is 31.7 Å². The van der Waals surface area contributed by atoms with Gasteiger partial charge in [0.2, 0.25) is 5.95 Å². The second-order valence-electron chi connectivity index (χ2n) is 5.46. The summed E-state index contributed by atoms with van der Waals surface area (Å²) < 4.78 is 0. The average molecular weight is 244 g/mol. The Morgan fingerprint density at radius 3 is 3.00 bits per heavy atom. The number of nitrogens with zero attached hydrogens (tertiary/aromatic N) is 3. The van der Waals surface area contributed by atoms with Crippen molar-refractivity contribution in [1.29, 1.82) is 0 Å². The Hall–Kier alpha value is -1.85. The molecule has 4 N–H and O–H groups in total. The van der Waals surface area contributed by atoms with Gasteiger partial charge in [-0.1, -0.05) is 6.42 Å². The van der Waals surface area contributed by atoms with Gasteiger partial charge >= 0.3 is 0 Å². The molecule has 94 valence electrons. The van der Waals surface area contributed by atoms with Crippen LogP contribution in [-0.4, -0.2) is 26.0 Å². The van der Waals surface area contributed by atoms with E-state index in [1.165, 1.54) is 25.7 Å². The van der Waals surface area contributed by atoms with Crippen molar-refractivity contribution in [3.63, 3.8) is 0 Å². The molecule has 0 amide bonds. The molecule has 3 atom stereocenters. The molecule has 0 aliphatic heterocycles. The normalized spacial score (nSPS) is 30.1. The summed E-state index contributed by atoms with van der Waals surface area (Å²) in [6.45, 7) is 0. The fourth-order valence-corrected chi connectivity index (χ4v) is 3.55. The number of imidazole rings is 1. The van der Waals surface area contributed by atoms with Gasteiger partial charge in [0, 0.05) is 6.04 Å². The van der Waals surface area contributed by atoms with Gasteiger partial charge in [-0.05, 0) is 31.1 Å². The van der Waals surface area contributed by atoms with E-state index < -0.39 is 0 Å². The van der Waals surface area contributed by atoms with E-state index in [4.69, 9.17) is 5.73 Å². The second kappa shape index (κ2) is 3.57. The largest absolute Gasteiger partial charge is 0.368 e. The molecule has 2 aromatic heterocycles. The molecule has 2 aliphatic carbocycles. The van der Waals surface area contributed by atoms with Crippen LogP contribution in [0.3, 0.4) is 0 Å². The zero-order valence-electron chi connectivity index (χ0n) is 10.1. The van der Waals surface area contributed by atoms with E-state index in [0.29, 0.717) is 11.7 Å². The smallest absolute Gasteiger partial charge is 0.224 e. The Bertz CT molecular complexity index is 591. The van der Waals surface area contributed by atoms with Gasteiger partial charge in [0.25, 0.3) is 0 Å². The number of nitrogens with one attached hydrogen (secondary N) is 2. The summed E-state index contributed by atoms with van der Waals surface area (Å²) in [5.41, 5.74) is 7.20. The van der Waals surface area contributed by atoms with Gasteiger partial charge in [-0.25, -0.2) is 4.98 Å². The molecule has 6 heteroatoms. The molecule has 2 bridgehead atoms. The Morgan fingerprint density at radius 2 is 2.22 bits per heavy atom. The summed E-state index contributed by atoms with van der Waals surface area (Å²) >= 11 is 0. The third kappa shape index (κ3) is 1.45. The number of rotatable bonds is 2. The Morgan fingerprint density at radius 1 is 1.28 bits per heavy atom. The molecular weight excluding hydrogens is 228 g/mol. The van der Waals surface area contributed by atoms with Gasteiger partial charge in [0.1, 0.15) is 5.52 Å². The number of aromatic nitrogens is 4. The van der Waals surface area contributed by atoms with E-state index in [9.17, 15) is 0 Å². The number of hydrogen-bond donors (Lipinski definition) is 3. The van der Waals surface area contributed by atoms with Crippen molar-refractivity contribution < 1.29 is 0 Å². The van der Waals surface area contributed by atoms with Crippen LogP contribution in [0.25, 0.3) is 11.2 Å². The van der Waals surface area contributed by atoms with Crippen molar-refractivity contribution in [2.75, 3.05) is 11.1 Å². The molecule has 0 saturated heterocycles. The number of H-pyrrole nitrogens is 1. The molecule has 0 spiro atoms. The topological polar surface area (TPSA) is 92.5 Å². The summed E-state index contributed by atoms with van der Waals surface area (Å²) in [6.07, 6.45) is 6.99. The monoisotopic (exact) mass is 244 g/mol. The number of fused-ring (bicyclic) bond motifs is 3. The average Bonchev–Trinajstić information content (AvgIpc) is 3.02. The first-order valence-electron chi connectivity index (χ1n) is 6.53. The van der Waals surface area contributed by atoms with Crippen LogP contribution < -0.4 is 11.1 Å². The van der Waals surface area contributed by atoms with E-state index in [1.807, 2.05) is 0 Å². The first-order chi connectivity index (χ1) is 8.79. The minimum absolute atomic E-state index is 0.278. The van der Waals surface area contributed by atoms with Crippen LogP contribution in [0.1, 0.15) is 25.7 Å². The summed E-state index contributed by atoms with van der Waals surface area (Å²) in [4.78, 5) is 15.6.